The van der Waals surface area contributed by atoms with Gasteiger partial charge in [0.05, 0.1) is 18.5 Å². The van der Waals surface area contributed by atoms with Crippen molar-refractivity contribution in [1.82, 2.24) is 19.6 Å². The second-order valence-corrected chi connectivity index (χ2v) is 6.47. The third-order valence-corrected chi connectivity index (χ3v) is 4.76. The third kappa shape index (κ3) is 3.49. The lowest BCUT2D eigenvalue weighted by Gasteiger charge is -2.03. The van der Waals surface area contributed by atoms with Crippen LogP contribution in [0, 0.1) is 0 Å². The number of benzene rings is 1. The molecule has 4 aromatic rings. The van der Waals surface area contributed by atoms with E-state index in [9.17, 15) is 0 Å². The topological polar surface area (TPSA) is 52.3 Å². The molecule has 0 aliphatic rings. The summed E-state index contributed by atoms with van der Waals surface area (Å²) in [4.78, 5) is 4.59. The van der Waals surface area contributed by atoms with E-state index in [0.29, 0.717) is 0 Å². The summed E-state index contributed by atoms with van der Waals surface area (Å²) in [5, 5.41) is 9.52. The Morgan fingerprint density at radius 1 is 1.00 bits per heavy atom. The van der Waals surface area contributed by atoms with Crippen LogP contribution in [-0.4, -0.2) is 26.7 Å². The Hall–Kier alpha value is -2.86. The Labute approximate surface area is 149 Å². The normalized spacial score (nSPS) is 10.9. The van der Waals surface area contributed by atoms with Gasteiger partial charge in [-0.1, -0.05) is 17.8 Å². The molecular weight excluding hydrogens is 332 g/mol. The van der Waals surface area contributed by atoms with E-state index in [1.165, 1.54) is 0 Å². The van der Waals surface area contributed by atoms with Crippen molar-refractivity contribution in [3.05, 3.63) is 72.7 Å². The van der Waals surface area contributed by atoms with Crippen molar-refractivity contribution >= 4 is 17.4 Å². The Morgan fingerprint density at radius 2 is 1.88 bits per heavy atom. The lowest BCUT2D eigenvalue weighted by atomic mass is 10.1. The molecule has 1 aromatic carbocycles. The van der Waals surface area contributed by atoms with Crippen molar-refractivity contribution < 1.29 is 4.74 Å². The van der Waals surface area contributed by atoms with Crippen LogP contribution in [0.2, 0.25) is 0 Å². The number of thioether (sulfide) groups is 1. The molecule has 5 nitrogen and oxygen atoms in total. The summed E-state index contributed by atoms with van der Waals surface area (Å²) in [6, 6.07) is 17.8. The highest BCUT2D eigenvalue weighted by Crippen LogP contribution is 2.24. The van der Waals surface area contributed by atoms with Gasteiger partial charge in [-0.2, -0.15) is 0 Å². The highest BCUT2D eigenvalue weighted by molar-refractivity contribution is 7.98. The van der Waals surface area contributed by atoms with Crippen LogP contribution in [0.25, 0.3) is 16.9 Å². The molecule has 0 aliphatic heterocycles. The average Bonchev–Trinajstić information content (AvgIpc) is 3.10. The molecule has 6 heteroatoms. The maximum absolute atomic E-state index is 5.17. The Kier molecular flexibility index (Phi) is 4.35. The molecule has 124 valence electrons. The molecule has 0 bridgehead atoms. The Morgan fingerprint density at radius 3 is 2.60 bits per heavy atom. The van der Waals surface area contributed by atoms with Crippen molar-refractivity contribution in [1.29, 1.82) is 0 Å². The summed E-state index contributed by atoms with van der Waals surface area (Å²) in [6.07, 6.45) is 4.04. The Balaban J connectivity index is 1.44. The number of hydrogen-bond donors (Lipinski definition) is 0. The zero-order valence-corrected chi connectivity index (χ0v) is 14.5. The monoisotopic (exact) mass is 348 g/mol. The second-order valence-electron chi connectivity index (χ2n) is 5.47. The van der Waals surface area contributed by atoms with Gasteiger partial charge in [-0.15, -0.1) is 10.2 Å². The fraction of sp³-hybridized carbons (Fsp3) is 0.105. The quantitative estimate of drug-likeness (QED) is 0.508. The van der Waals surface area contributed by atoms with Crippen LogP contribution in [0.5, 0.6) is 5.75 Å². The predicted octanol–water partition coefficient (Wildman–Crippen LogP) is 4.09. The van der Waals surface area contributed by atoms with Gasteiger partial charge in [-0.05, 0) is 48.5 Å². The van der Waals surface area contributed by atoms with E-state index < -0.39 is 0 Å². The summed E-state index contributed by atoms with van der Waals surface area (Å²) < 4.78 is 7.20. The van der Waals surface area contributed by atoms with Gasteiger partial charge in [0, 0.05) is 23.7 Å². The minimum Gasteiger partial charge on any atom is -0.497 e. The van der Waals surface area contributed by atoms with Crippen LogP contribution in [0.1, 0.15) is 5.69 Å². The molecule has 0 atom stereocenters. The van der Waals surface area contributed by atoms with E-state index in [4.69, 9.17) is 4.74 Å². The van der Waals surface area contributed by atoms with Crippen molar-refractivity contribution in [2.75, 3.05) is 7.11 Å². The number of ether oxygens (including phenoxy) is 1. The molecular formula is C19H16N4OS. The first-order valence-electron chi connectivity index (χ1n) is 7.85. The van der Waals surface area contributed by atoms with Gasteiger partial charge in [0.2, 0.25) is 0 Å². The molecule has 3 aromatic heterocycles. The van der Waals surface area contributed by atoms with Gasteiger partial charge in [-0.3, -0.25) is 0 Å². The van der Waals surface area contributed by atoms with Crippen molar-refractivity contribution in [2.45, 2.75) is 10.8 Å². The summed E-state index contributed by atoms with van der Waals surface area (Å²) in [6.45, 7) is 0. The zero-order valence-electron chi connectivity index (χ0n) is 13.7. The largest absolute Gasteiger partial charge is 0.497 e. The molecule has 0 radical (unpaired) electrons. The summed E-state index contributed by atoms with van der Waals surface area (Å²) >= 11 is 1.63. The van der Waals surface area contributed by atoms with Crippen LogP contribution in [0.15, 0.2) is 72.0 Å². The fourth-order valence-corrected chi connectivity index (χ4v) is 3.22. The lowest BCUT2D eigenvalue weighted by Crippen LogP contribution is -1.90. The minimum atomic E-state index is 0.762. The van der Waals surface area contributed by atoms with Gasteiger partial charge >= 0.3 is 0 Å². The standard InChI is InChI=1S/C19H16N4OS/c1-24-16-7-5-14(6-8-16)17-9-10-19(22-21-17)25-13-15-12-23-11-3-2-4-18(23)20-15/h2-12H,13H2,1H3. The van der Waals surface area contributed by atoms with Crippen molar-refractivity contribution in [3.63, 3.8) is 0 Å². The molecule has 25 heavy (non-hydrogen) atoms. The number of imidazole rings is 1. The molecule has 0 aliphatic carbocycles. The summed E-state index contributed by atoms with van der Waals surface area (Å²) in [5.74, 6) is 1.59. The number of fused-ring (bicyclic) bond motifs is 1. The maximum Gasteiger partial charge on any atom is 0.137 e. The SMILES string of the molecule is COc1ccc(-c2ccc(SCc3cn4ccccc4n3)nn2)cc1. The lowest BCUT2D eigenvalue weighted by molar-refractivity contribution is 0.415. The van der Waals surface area contributed by atoms with E-state index >= 15 is 0 Å². The number of hydrogen-bond acceptors (Lipinski definition) is 5. The number of pyridine rings is 1. The molecule has 0 N–H and O–H groups in total. The van der Waals surface area contributed by atoms with Crippen LogP contribution >= 0.6 is 11.8 Å². The number of rotatable bonds is 5. The average molecular weight is 348 g/mol. The molecule has 0 unspecified atom stereocenters. The molecule has 0 fully saturated rings. The second kappa shape index (κ2) is 6.94. The number of methoxy groups -OCH3 is 1. The number of aromatic nitrogens is 4. The van der Waals surface area contributed by atoms with Crippen LogP contribution in [0.3, 0.4) is 0 Å². The molecule has 0 amide bonds. The summed E-state index contributed by atoms with van der Waals surface area (Å²) in [7, 11) is 1.66. The first-order chi connectivity index (χ1) is 12.3. The van der Waals surface area contributed by atoms with E-state index in [0.717, 1.165) is 39.1 Å². The predicted molar refractivity (Wildman–Crippen MR) is 98.8 cm³/mol. The first-order valence-corrected chi connectivity index (χ1v) is 8.84. The third-order valence-electron chi connectivity index (χ3n) is 3.81. The first kappa shape index (κ1) is 15.7. The van der Waals surface area contributed by atoms with Gasteiger partial charge in [-0.25, -0.2) is 4.98 Å². The van der Waals surface area contributed by atoms with E-state index in [2.05, 4.69) is 15.2 Å². The molecule has 0 saturated heterocycles. The molecule has 0 saturated carbocycles. The zero-order chi connectivity index (χ0) is 17.1. The Bertz CT molecular complexity index is 947. The van der Waals surface area contributed by atoms with Crippen molar-refractivity contribution in [3.8, 4) is 17.0 Å². The fourth-order valence-electron chi connectivity index (χ4n) is 2.52. The van der Waals surface area contributed by atoms with E-state index in [1.54, 1.807) is 18.9 Å². The maximum atomic E-state index is 5.17. The highest BCUT2D eigenvalue weighted by atomic mass is 32.2. The molecule has 3 heterocycles. The van der Waals surface area contributed by atoms with Crippen LogP contribution in [0.4, 0.5) is 0 Å². The number of nitrogens with zero attached hydrogens (tertiary/aromatic N) is 4. The van der Waals surface area contributed by atoms with Crippen LogP contribution in [-0.2, 0) is 5.75 Å². The summed E-state index contributed by atoms with van der Waals surface area (Å²) in [5.41, 5.74) is 3.85. The van der Waals surface area contributed by atoms with E-state index in [1.807, 2.05) is 71.4 Å². The van der Waals surface area contributed by atoms with Gasteiger partial charge in [0.25, 0.3) is 0 Å². The van der Waals surface area contributed by atoms with Crippen molar-refractivity contribution in [2.24, 2.45) is 0 Å². The smallest absolute Gasteiger partial charge is 0.137 e. The van der Waals surface area contributed by atoms with Gasteiger partial charge < -0.3 is 9.14 Å². The van der Waals surface area contributed by atoms with E-state index in [-0.39, 0.29) is 0 Å². The van der Waals surface area contributed by atoms with Gasteiger partial charge in [0.1, 0.15) is 16.4 Å². The highest BCUT2D eigenvalue weighted by Gasteiger charge is 2.05. The molecule has 0 spiro atoms. The minimum absolute atomic E-state index is 0.762. The molecule has 4 rings (SSSR count). The van der Waals surface area contributed by atoms with Gasteiger partial charge in [0.15, 0.2) is 0 Å². The van der Waals surface area contributed by atoms with Crippen LogP contribution < -0.4 is 4.74 Å².